The summed E-state index contributed by atoms with van der Waals surface area (Å²) in [5.41, 5.74) is 1.46. The molecule has 0 heteroatoms. The molecule has 0 nitrogen and oxygen atoms in total. The second-order valence-electron chi connectivity index (χ2n) is 9.75. The van der Waals surface area contributed by atoms with E-state index >= 15 is 0 Å². The maximum Gasteiger partial charge on any atom is -0.0179 e. The van der Waals surface area contributed by atoms with E-state index in [1.807, 2.05) is 0 Å². The molecule has 0 aromatic rings. The third-order valence-corrected chi connectivity index (χ3v) is 8.89. The first-order valence-electron chi connectivity index (χ1n) is 9.41. The molecule has 0 aromatic heterocycles. The summed E-state index contributed by atoms with van der Waals surface area (Å²) in [6.45, 7) is 12.9. The van der Waals surface area contributed by atoms with E-state index in [9.17, 15) is 0 Å². The fourth-order valence-corrected chi connectivity index (χ4v) is 7.84. The molecular weight excluding hydrogens is 240 g/mol. The Bertz CT molecular complexity index is 410. The largest absolute Gasteiger partial charge is 0.0625 e. The molecule has 8 atom stereocenters. The lowest BCUT2D eigenvalue weighted by atomic mass is 9.66. The number of hydrogen-bond acceptors (Lipinski definition) is 0. The molecule has 1 unspecified atom stereocenters. The Labute approximate surface area is 126 Å². The van der Waals surface area contributed by atoms with Crippen molar-refractivity contribution in [1.82, 2.24) is 0 Å². The number of rotatable bonds is 1. The first-order valence-corrected chi connectivity index (χ1v) is 9.41. The lowest BCUT2D eigenvalue weighted by Gasteiger charge is -2.39. The predicted molar refractivity (Wildman–Crippen MR) is 85.4 cm³/mol. The van der Waals surface area contributed by atoms with Crippen LogP contribution in [0.2, 0.25) is 0 Å². The van der Waals surface area contributed by atoms with Crippen molar-refractivity contribution in [2.45, 2.75) is 73.1 Å². The Hall–Kier alpha value is 0. The highest BCUT2D eigenvalue weighted by atomic mass is 14.8. The molecule has 20 heavy (non-hydrogen) atoms. The SMILES string of the molecule is CC(C)[C@H]1CC[C@]2(C)C[C@@H]3[C@H](C)CC[C@H]3C(C)[C@H]3C[C@]132. The molecule has 0 amide bonds. The third-order valence-electron chi connectivity index (χ3n) is 8.89. The monoisotopic (exact) mass is 274 g/mol. The van der Waals surface area contributed by atoms with Crippen LogP contribution in [0.5, 0.6) is 0 Å². The van der Waals surface area contributed by atoms with Crippen molar-refractivity contribution in [3.05, 3.63) is 0 Å². The van der Waals surface area contributed by atoms with Crippen LogP contribution in [-0.2, 0) is 0 Å². The van der Waals surface area contributed by atoms with E-state index in [4.69, 9.17) is 0 Å². The molecular formula is C20H34. The standard InChI is InChI=1S/C20H34/c1-12(2)17-8-9-19(5)10-16-13(3)6-7-15(16)14(4)18-11-20(17,18)19/h12-18H,6-11H2,1-5H3/t13-,14?,15+,16-,17-,18-,19-,20+/m1/s1. The quantitative estimate of drug-likeness (QED) is 0.569. The molecule has 0 aromatic carbocycles. The Morgan fingerprint density at radius 2 is 1.70 bits per heavy atom. The normalized spacial score (nSPS) is 60.9. The highest BCUT2D eigenvalue weighted by molar-refractivity contribution is 5.22. The Balaban J connectivity index is 1.74. The Kier molecular flexibility index (Phi) is 2.76. The lowest BCUT2D eigenvalue weighted by molar-refractivity contribution is 0.0953. The molecule has 0 radical (unpaired) electrons. The van der Waals surface area contributed by atoms with E-state index in [-0.39, 0.29) is 0 Å². The average Bonchev–Trinajstić information content (AvgIpc) is 2.95. The van der Waals surface area contributed by atoms with Crippen LogP contribution in [0.25, 0.3) is 0 Å². The van der Waals surface area contributed by atoms with E-state index in [1.54, 1.807) is 19.3 Å². The van der Waals surface area contributed by atoms with E-state index in [0.29, 0.717) is 5.41 Å². The van der Waals surface area contributed by atoms with Crippen LogP contribution in [0, 0.1) is 52.3 Å². The van der Waals surface area contributed by atoms with Gasteiger partial charge in [0.1, 0.15) is 0 Å². The summed E-state index contributed by atoms with van der Waals surface area (Å²) in [6.07, 6.45) is 9.29. The van der Waals surface area contributed by atoms with Crippen LogP contribution in [-0.4, -0.2) is 0 Å². The first-order chi connectivity index (χ1) is 9.41. The number of fused-ring (bicyclic) bond motifs is 1. The van der Waals surface area contributed by atoms with Gasteiger partial charge in [0.25, 0.3) is 0 Å². The highest BCUT2D eigenvalue weighted by Crippen LogP contribution is 2.81. The van der Waals surface area contributed by atoms with Gasteiger partial charge in [0, 0.05) is 0 Å². The van der Waals surface area contributed by atoms with E-state index in [0.717, 1.165) is 46.8 Å². The molecule has 1 spiro atoms. The van der Waals surface area contributed by atoms with Crippen LogP contribution in [0.1, 0.15) is 73.1 Å². The van der Waals surface area contributed by atoms with E-state index < -0.39 is 0 Å². The van der Waals surface area contributed by atoms with Crippen LogP contribution < -0.4 is 0 Å². The third kappa shape index (κ3) is 1.45. The fourth-order valence-electron chi connectivity index (χ4n) is 7.84. The molecule has 4 fully saturated rings. The van der Waals surface area contributed by atoms with Crippen molar-refractivity contribution >= 4 is 0 Å². The van der Waals surface area contributed by atoms with Gasteiger partial charge in [-0.05, 0) is 84.4 Å². The van der Waals surface area contributed by atoms with Crippen molar-refractivity contribution < 1.29 is 0 Å². The van der Waals surface area contributed by atoms with Crippen LogP contribution >= 0.6 is 0 Å². The summed E-state index contributed by atoms with van der Waals surface area (Å²) in [5, 5.41) is 0. The first kappa shape index (κ1) is 13.6. The molecule has 114 valence electrons. The van der Waals surface area contributed by atoms with Gasteiger partial charge in [-0.1, -0.05) is 41.0 Å². The molecule has 4 rings (SSSR count). The van der Waals surface area contributed by atoms with Gasteiger partial charge in [-0.15, -0.1) is 0 Å². The van der Waals surface area contributed by atoms with Crippen molar-refractivity contribution in [3.63, 3.8) is 0 Å². The predicted octanol–water partition coefficient (Wildman–Crippen LogP) is 5.77. The second kappa shape index (κ2) is 4.05. The average molecular weight is 274 g/mol. The van der Waals surface area contributed by atoms with Gasteiger partial charge in [-0.2, -0.15) is 0 Å². The number of hydrogen-bond donors (Lipinski definition) is 0. The van der Waals surface area contributed by atoms with Gasteiger partial charge >= 0.3 is 0 Å². The Morgan fingerprint density at radius 3 is 2.40 bits per heavy atom. The smallest absolute Gasteiger partial charge is 0.0179 e. The van der Waals surface area contributed by atoms with Crippen molar-refractivity contribution in [3.8, 4) is 0 Å². The molecule has 0 heterocycles. The Morgan fingerprint density at radius 1 is 0.950 bits per heavy atom. The molecule has 0 N–H and O–H groups in total. The van der Waals surface area contributed by atoms with Crippen molar-refractivity contribution in [1.29, 1.82) is 0 Å². The fraction of sp³-hybridized carbons (Fsp3) is 1.00. The van der Waals surface area contributed by atoms with Gasteiger partial charge in [0.15, 0.2) is 0 Å². The van der Waals surface area contributed by atoms with Gasteiger partial charge in [0.05, 0.1) is 0 Å². The zero-order valence-corrected chi connectivity index (χ0v) is 14.3. The van der Waals surface area contributed by atoms with E-state index in [1.165, 1.54) is 19.3 Å². The zero-order chi connectivity index (χ0) is 14.3. The van der Waals surface area contributed by atoms with Crippen LogP contribution in [0.4, 0.5) is 0 Å². The molecule has 4 aliphatic carbocycles. The zero-order valence-electron chi connectivity index (χ0n) is 14.3. The summed E-state index contributed by atoms with van der Waals surface area (Å²) in [4.78, 5) is 0. The highest BCUT2D eigenvalue weighted by Gasteiger charge is 2.74. The summed E-state index contributed by atoms with van der Waals surface area (Å²) in [7, 11) is 0. The molecule has 4 saturated carbocycles. The van der Waals surface area contributed by atoms with Crippen molar-refractivity contribution in [2.24, 2.45) is 52.3 Å². The minimum Gasteiger partial charge on any atom is -0.0625 e. The summed E-state index contributed by atoms with van der Waals surface area (Å²) in [5.74, 6) is 7.19. The van der Waals surface area contributed by atoms with E-state index in [2.05, 4.69) is 34.6 Å². The maximum absolute atomic E-state index is 2.70. The molecule has 0 bridgehead atoms. The van der Waals surface area contributed by atoms with Gasteiger partial charge in [0.2, 0.25) is 0 Å². The summed E-state index contributed by atoms with van der Waals surface area (Å²) in [6, 6.07) is 0. The van der Waals surface area contributed by atoms with Gasteiger partial charge in [-0.25, -0.2) is 0 Å². The summed E-state index contributed by atoms with van der Waals surface area (Å²) >= 11 is 0. The molecule has 0 saturated heterocycles. The van der Waals surface area contributed by atoms with Crippen LogP contribution in [0.3, 0.4) is 0 Å². The van der Waals surface area contributed by atoms with Gasteiger partial charge < -0.3 is 0 Å². The lowest BCUT2D eigenvalue weighted by Crippen LogP contribution is -2.32. The maximum atomic E-state index is 2.70. The van der Waals surface area contributed by atoms with Gasteiger partial charge in [-0.3, -0.25) is 0 Å². The minimum atomic E-state index is 0.693. The van der Waals surface area contributed by atoms with Crippen LogP contribution in [0.15, 0.2) is 0 Å². The molecule has 0 aliphatic heterocycles. The topological polar surface area (TPSA) is 0 Å². The molecule has 4 aliphatic rings. The minimum absolute atomic E-state index is 0.693. The summed E-state index contributed by atoms with van der Waals surface area (Å²) < 4.78 is 0. The van der Waals surface area contributed by atoms with Crippen molar-refractivity contribution in [2.75, 3.05) is 0 Å². The second-order valence-corrected chi connectivity index (χ2v) is 9.75.